The summed E-state index contributed by atoms with van der Waals surface area (Å²) >= 11 is 0. The van der Waals surface area contributed by atoms with E-state index in [1.165, 1.54) is 12.8 Å². The smallest absolute Gasteiger partial charge is 0.338 e. The van der Waals surface area contributed by atoms with Crippen molar-refractivity contribution in [2.75, 3.05) is 31.6 Å². The molecule has 0 amide bonds. The van der Waals surface area contributed by atoms with Crippen molar-refractivity contribution < 1.29 is 9.53 Å². The first kappa shape index (κ1) is 16.8. The van der Waals surface area contributed by atoms with Gasteiger partial charge in [-0.2, -0.15) is 0 Å². The highest BCUT2D eigenvalue weighted by molar-refractivity contribution is 5.90. The molecule has 4 nitrogen and oxygen atoms in total. The molecule has 1 aromatic rings. The number of nitrogens with one attached hydrogen (secondary N) is 2. The van der Waals surface area contributed by atoms with Gasteiger partial charge in [0.1, 0.15) is 0 Å². The SMILES string of the molecule is CCOC(=O)c1cccc(NCC2CCCNC2)c1.Cl. The summed E-state index contributed by atoms with van der Waals surface area (Å²) in [6, 6.07) is 7.51. The van der Waals surface area contributed by atoms with Crippen LogP contribution in [0.3, 0.4) is 0 Å². The second-order valence-corrected chi connectivity index (χ2v) is 4.89. The Bertz CT molecular complexity index is 420. The predicted octanol–water partition coefficient (Wildman–Crippen LogP) is 2.70. The summed E-state index contributed by atoms with van der Waals surface area (Å²) in [7, 11) is 0. The summed E-state index contributed by atoms with van der Waals surface area (Å²) < 4.78 is 5.00. The number of benzene rings is 1. The number of hydrogen-bond donors (Lipinski definition) is 2. The van der Waals surface area contributed by atoms with E-state index in [0.29, 0.717) is 18.1 Å². The van der Waals surface area contributed by atoms with E-state index in [1.54, 1.807) is 6.07 Å². The number of rotatable bonds is 5. The van der Waals surface area contributed by atoms with Gasteiger partial charge in [0.15, 0.2) is 0 Å². The number of anilines is 1. The van der Waals surface area contributed by atoms with Crippen LogP contribution >= 0.6 is 12.4 Å². The zero-order valence-electron chi connectivity index (χ0n) is 11.9. The highest BCUT2D eigenvalue weighted by Crippen LogP contribution is 2.15. The van der Waals surface area contributed by atoms with Crippen LogP contribution in [0.15, 0.2) is 24.3 Å². The van der Waals surface area contributed by atoms with Crippen molar-refractivity contribution in [1.82, 2.24) is 5.32 Å². The van der Waals surface area contributed by atoms with Gasteiger partial charge in [0.05, 0.1) is 12.2 Å². The molecule has 2 rings (SSSR count). The maximum absolute atomic E-state index is 11.6. The summed E-state index contributed by atoms with van der Waals surface area (Å²) in [6.45, 7) is 5.37. The van der Waals surface area contributed by atoms with Crippen molar-refractivity contribution in [2.45, 2.75) is 19.8 Å². The molecule has 1 aromatic carbocycles. The molecular weight excluding hydrogens is 276 g/mol. The van der Waals surface area contributed by atoms with Gasteiger partial charge in [-0.3, -0.25) is 0 Å². The topological polar surface area (TPSA) is 50.4 Å². The molecule has 1 atom stereocenters. The fourth-order valence-corrected chi connectivity index (χ4v) is 2.33. The molecular formula is C15H23ClN2O2. The van der Waals surface area contributed by atoms with Gasteiger partial charge < -0.3 is 15.4 Å². The van der Waals surface area contributed by atoms with Gasteiger partial charge in [0.2, 0.25) is 0 Å². The molecule has 0 radical (unpaired) electrons. The van der Waals surface area contributed by atoms with Crippen LogP contribution in [0.2, 0.25) is 0 Å². The molecule has 0 aromatic heterocycles. The summed E-state index contributed by atoms with van der Waals surface area (Å²) in [5.41, 5.74) is 1.59. The molecule has 5 heteroatoms. The summed E-state index contributed by atoms with van der Waals surface area (Å²) in [5, 5.41) is 6.81. The van der Waals surface area contributed by atoms with Crippen molar-refractivity contribution in [3.63, 3.8) is 0 Å². The number of carbonyl (C=O) groups excluding carboxylic acids is 1. The second-order valence-electron chi connectivity index (χ2n) is 4.89. The molecule has 0 aliphatic carbocycles. The van der Waals surface area contributed by atoms with Crippen molar-refractivity contribution in [3.05, 3.63) is 29.8 Å². The van der Waals surface area contributed by atoms with Crippen LogP contribution < -0.4 is 10.6 Å². The van der Waals surface area contributed by atoms with Crippen LogP contribution in [0, 0.1) is 5.92 Å². The lowest BCUT2D eigenvalue weighted by Crippen LogP contribution is -2.33. The highest BCUT2D eigenvalue weighted by atomic mass is 35.5. The third-order valence-corrected chi connectivity index (χ3v) is 3.37. The van der Waals surface area contributed by atoms with Crippen molar-refractivity contribution in [1.29, 1.82) is 0 Å². The molecule has 1 unspecified atom stereocenters. The van der Waals surface area contributed by atoms with Crippen LogP contribution in [0.5, 0.6) is 0 Å². The average molecular weight is 299 g/mol. The lowest BCUT2D eigenvalue weighted by atomic mass is 9.99. The van der Waals surface area contributed by atoms with E-state index in [-0.39, 0.29) is 18.4 Å². The Balaban J connectivity index is 0.00000200. The number of hydrogen-bond acceptors (Lipinski definition) is 4. The second kappa shape index (κ2) is 8.82. The summed E-state index contributed by atoms with van der Waals surface area (Å²) in [4.78, 5) is 11.6. The monoisotopic (exact) mass is 298 g/mol. The zero-order chi connectivity index (χ0) is 13.5. The number of piperidine rings is 1. The molecule has 2 N–H and O–H groups in total. The van der Waals surface area contributed by atoms with E-state index in [9.17, 15) is 4.79 Å². The first-order valence-electron chi connectivity index (χ1n) is 7.01. The standard InChI is InChI=1S/C15H22N2O2.ClH/c1-2-19-15(18)13-6-3-7-14(9-13)17-11-12-5-4-8-16-10-12;/h3,6-7,9,12,16-17H,2,4-5,8,10-11H2,1H3;1H. The van der Waals surface area contributed by atoms with Gasteiger partial charge in [0, 0.05) is 12.2 Å². The fourth-order valence-electron chi connectivity index (χ4n) is 2.33. The third-order valence-electron chi connectivity index (χ3n) is 3.37. The van der Waals surface area contributed by atoms with Crippen LogP contribution in [-0.4, -0.2) is 32.2 Å². The van der Waals surface area contributed by atoms with Crippen molar-refractivity contribution in [2.24, 2.45) is 5.92 Å². The van der Waals surface area contributed by atoms with Crippen LogP contribution in [0.4, 0.5) is 5.69 Å². The normalized spacial score (nSPS) is 17.9. The Labute approximate surface area is 126 Å². The van der Waals surface area contributed by atoms with E-state index in [0.717, 1.165) is 25.3 Å². The molecule has 0 bridgehead atoms. The van der Waals surface area contributed by atoms with Crippen molar-refractivity contribution >= 4 is 24.1 Å². The molecule has 112 valence electrons. The van der Waals surface area contributed by atoms with Gasteiger partial charge in [0.25, 0.3) is 0 Å². The molecule has 1 fully saturated rings. The molecule has 1 heterocycles. The maximum atomic E-state index is 11.6. The first-order chi connectivity index (χ1) is 9.29. The quantitative estimate of drug-likeness (QED) is 0.821. The van der Waals surface area contributed by atoms with Crippen LogP contribution in [0.1, 0.15) is 30.1 Å². The van der Waals surface area contributed by atoms with Gasteiger partial charge in [-0.25, -0.2) is 4.79 Å². The Morgan fingerprint density at radius 2 is 2.35 bits per heavy atom. The maximum Gasteiger partial charge on any atom is 0.338 e. The first-order valence-corrected chi connectivity index (χ1v) is 7.01. The number of halogens is 1. The zero-order valence-corrected chi connectivity index (χ0v) is 12.7. The van der Waals surface area contributed by atoms with Gasteiger partial charge in [-0.1, -0.05) is 6.07 Å². The molecule has 1 aliphatic rings. The fraction of sp³-hybridized carbons (Fsp3) is 0.533. The van der Waals surface area contributed by atoms with Gasteiger partial charge in [-0.05, 0) is 57.0 Å². The summed E-state index contributed by atoms with van der Waals surface area (Å²) in [6.07, 6.45) is 2.51. The number of esters is 1. The number of carbonyl (C=O) groups is 1. The van der Waals surface area contributed by atoms with Crippen molar-refractivity contribution in [3.8, 4) is 0 Å². The largest absolute Gasteiger partial charge is 0.462 e. The molecule has 0 spiro atoms. The number of ether oxygens (including phenoxy) is 1. The lowest BCUT2D eigenvalue weighted by molar-refractivity contribution is 0.0526. The van der Waals surface area contributed by atoms with Gasteiger partial charge in [-0.15, -0.1) is 12.4 Å². The Morgan fingerprint density at radius 3 is 3.05 bits per heavy atom. The highest BCUT2D eigenvalue weighted by Gasteiger charge is 2.13. The molecule has 20 heavy (non-hydrogen) atoms. The van der Waals surface area contributed by atoms with E-state index >= 15 is 0 Å². The average Bonchev–Trinajstić information content (AvgIpc) is 2.47. The van der Waals surface area contributed by atoms with Crippen LogP contribution in [0.25, 0.3) is 0 Å². The predicted molar refractivity (Wildman–Crippen MR) is 83.7 cm³/mol. The minimum atomic E-state index is -0.259. The lowest BCUT2D eigenvalue weighted by Gasteiger charge is -2.23. The van der Waals surface area contributed by atoms with E-state index in [2.05, 4.69) is 10.6 Å². The minimum absolute atomic E-state index is 0. The Hall–Kier alpha value is -1.26. The molecule has 0 saturated carbocycles. The Kier molecular flexibility index (Phi) is 7.41. The van der Waals surface area contributed by atoms with Crippen LogP contribution in [-0.2, 0) is 4.74 Å². The molecule has 1 saturated heterocycles. The molecule has 1 aliphatic heterocycles. The summed E-state index contributed by atoms with van der Waals surface area (Å²) in [5.74, 6) is 0.408. The van der Waals surface area contributed by atoms with E-state index in [1.807, 2.05) is 25.1 Å². The Morgan fingerprint density at radius 1 is 1.50 bits per heavy atom. The third kappa shape index (κ3) is 5.02. The van der Waals surface area contributed by atoms with E-state index in [4.69, 9.17) is 4.74 Å². The van der Waals surface area contributed by atoms with E-state index < -0.39 is 0 Å². The van der Waals surface area contributed by atoms with Gasteiger partial charge >= 0.3 is 5.97 Å². The minimum Gasteiger partial charge on any atom is -0.462 e.